The average molecular weight is 267 g/mol. The summed E-state index contributed by atoms with van der Waals surface area (Å²) in [5.74, 6) is 0.673. The van der Waals surface area contributed by atoms with Crippen LogP contribution in [0.15, 0.2) is 18.2 Å². The summed E-state index contributed by atoms with van der Waals surface area (Å²) >= 11 is 6.01. The normalized spacial score (nSPS) is 18.9. The molecule has 1 amide bonds. The third-order valence-corrected chi connectivity index (χ3v) is 3.92. The molecule has 1 aromatic rings. The Kier molecular flexibility index (Phi) is 4.61. The highest BCUT2D eigenvalue weighted by Gasteiger charge is 2.15. The Bertz CT molecular complexity index is 428. The van der Waals surface area contributed by atoms with Crippen molar-refractivity contribution in [1.29, 1.82) is 0 Å². The van der Waals surface area contributed by atoms with Gasteiger partial charge >= 0.3 is 0 Å². The Labute approximate surface area is 113 Å². The van der Waals surface area contributed by atoms with Gasteiger partial charge in [0.05, 0.1) is 0 Å². The van der Waals surface area contributed by atoms with Crippen LogP contribution in [0.3, 0.4) is 0 Å². The van der Waals surface area contributed by atoms with Crippen LogP contribution >= 0.6 is 11.6 Å². The van der Waals surface area contributed by atoms with Crippen LogP contribution < -0.4 is 10.6 Å². The number of amides is 1. The van der Waals surface area contributed by atoms with Gasteiger partial charge < -0.3 is 10.6 Å². The highest BCUT2D eigenvalue weighted by molar-refractivity contribution is 6.31. The fourth-order valence-corrected chi connectivity index (χ4v) is 2.47. The minimum absolute atomic E-state index is 0.0269. The second-order valence-electron chi connectivity index (χ2n) is 4.82. The summed E-state index contributed by atoms with van der Waals surface area (Å²) < 4.78 is 0. The molecule has 1 aliphatic heterocycles. The fraction of sp³-hybridized carbons (Fsp3) is 0.500. The number of benzene rings is 1. The van der Waals surface area contributed by atoms with E-state index in [0.29, 0.717) is 16.5 Å². The largest absolute Gasteiger partial charge is 0.352 e. The predicted molar refractivity (Wildman–Crippen MR) is 74.1 cm³/mol. The van der Waals surface area contributed by atoms with E-state index in [1.165, 1.54) is 6.42 Å². The zero-order valence-electron chi connectivity index (χ0n) is 10.6. The van der Waals surface area contributed by atoms with E-state index < -0.39 is 0 Å². The number of hydrogen-bond donors (Lipinski definition) is 2. The Morgan fingerprint density at radius 3 is 3.11 bits per heavy atom. The van der Waals surface area contributed by atoms with E-state index in [-0.39, 0.29) is 5.91 Å². The number of halogens is 1. The van der Waals surface area contributed by atoms with Crippen LogP contribution in [-0.4, -0.2) is 25.5 Å². The topological polar surface area (TPSA) is 41.1 Å². The summed E-state index contributed by atoms with van der Waals surface area (Å²) in [6.07, 6.45) is 2.25. The highest BCUT2D eigenvalue weighted by atomic mass is 35.5. The van der Waals surface area contributed by atoms with Crippen LogP contribution in [0.1, 0.15) is 28.8 Å². The van der Waals surface area contributed by atoms with E-state index in [1.807, 2.05) is 19.1 Å². The van der Waals surface area contributed by atoms with Crippen LogP contribution in [-0.2, 0) is 0 Å². The summed E-state index contributed by atoms with van der Waals surface area (Å²) in [4.78, 5) is 12.0. The van der Waals surface area contributed by atoms with Gasteiger partial charge in [-0.2, -0.15) is 0 Å². The monoisotopic (exact) mass is 266 g/mol. The van der Waals surface area contributed by atoms with E-state index in [9.17, 15) is 4.79 Å². The number of carbonyl (C=O) groups is 1. The first-order valence-electron chi connectivity index (χ1n) is 6.42. The van der Waals surface area contributed by atoms with Gasteiger partial charge in [0.15, 0.2) is 0 Å². The maximum Gasteiger partial charge on any atom is 0.251 e. The first kappa shape index (κ1) is 13.4. The van der Waals surface area contributed by atoms with Gasteiger partial charge in [-0.15, -0.1) is 0 Å². The molecule has 2 N–H and O–H groups in total. The quantitative estimate of drug-likeness (QED) is 0.879. The zero-order chi connectivity index (χ0) is 13.0. The van der Waals surface area contributed by atoms with Gasteiger partial charge in [-0.3, -0.25) is 4.79 Å². The van der Waals surface area contributed by atoms with Crippen molar-refractivity contribution in [2.45, 2.75) is 19.8 Å². The minimum Gasteiger partial charge on any atom is -0.352 e. The van der Waals surface area contributed by atoms with Crippen molar-refractivity contribution in [3.63, 3.8) is 0 Å². The molecule has 1 heterocycles. The lowest BCUT2D eigenvalue weighted by atomic mass is 10.0. The standard InChI is InChI=1S/C14H19ClN2O/c1-10-12(3-2-4-13(10)15)14(18)17-8-6-11-5-7-16-9-11/h2-4,11,16H,5-9H2,1H3,(H,17,18). The van der Waals surface area contributed by atoms with Crippen LogP contribution in [0, 0.1) is 12.8 Å². The summed E-state index contributed by atoms with van der Waals surface area (Å²) in [5.41, 5.74) is 1.52. The third-order valence-electron chi connectivity index (χ3n) is 3.51. The number of rotatable bonds is 4. The van der Waals surface area contributed by atoms with Gasteiger partial charge in [0, 0.05) is 17.1 Å². The maximum atomic E-state index is 12.0. The summed E-state index contributed by atoms with van der Waals surface area (Å²) in [5, 5.41) is 6.94. The molecule has 3 nitrogen and oxygen atoms in total. The molecule has 0 bridgehead atoms. The predicted octanol–water partition coefficient (Wildman–Crippen LogP) is 2.38. The average Bonchev–Trinajstić information content (AvgIpc) is 2.85. The Morgan fingerprint density at radius 1 is 1.56 bits per heavy atom. The van der Waals surface area contributed by atoms with Gasteiger partial charge in [0.25, 0.3) is 5.91 Å². The van der Waals surface area contributed by atoms with E-state index in [0.717, 1.165) is 31.6 Å². The molecule has 0 spiro atoms. The van der Waals surface area contributed by atoms with Gasteiger partial charge in [-0.25, -0.2) is 0 Å². The summed E-state index contributed by atoms with van der Waals surface area (Å²) in [7, 11) is 0. The van der Waals surface area contributed by atoms with Gasteiger partial charge in [-0.1, -0.05) is 17.7 Å². The first-order chi connectivity index (χ1) is 8.68. The molecule has 1 aliphatic rings. The van der Waals surface area contributed by atoms with Crippen molar-refractivity contribution in [1.82, 2.24) is 10.6 Å². The van der Waals surface area contributed by atoms with Gasteiger partial charge in [0.2, 0.25) is 0 Å². The summed E-state index contributed by atoms with van der Waals surface area (Å²) in [6, 6.07) is 5.43. The molecule has 98 valence electrons. The van der Waals surface area contributed by atoms with Crippen molar-refractivity contribution in [3.8, 4) is 0 Å². The Hall–Kier alpha value is -1.06. The lowest BCUT2D eigenvalue weighted by Crippen LogP contribution is -2.27. The van der Waals surface area contributed by atoms with Crippen molar-refractivity contribution in [2.75, 3.05) is 19.6 Å². The van der Waals surface area contributed by atoms with E-state index in [2.05, 4.69) is 10.6 Å². The van der Waals surface area contributed by atoms with E-state index in [1.54, 1.807) is 6.07 Å². The molecule has 18 heavy (non-hydrogen) atoms. The lowest BCUT2D eigenvalue weighted by molar-refractivity contribution is 0.0951. The number of carbonyl (C=O) groups excluding carboxylic acids is 1. The molecule has 4 heteroatoms. The molecule has 2 rings (SSSR count). The first-order valence-corrected chi connectivity index (χ1v) is 6.80. The second kappa shape index (κ2) is 6.21. The molecule has 0 aromatic heterocycles. The lowest BCUT2D eigenvalue weighted by Gasteiger charge is -2.11. The zero-order valence-corrected chi connectivity index (χ0v) is 11.4. The van der Waals surface area contributed by atoms with E-state index >= 15 is 0 Å². The molecule has 0 aliphatic carbocycles. The fourth-order valence-electron chi connectivity index (χ4n) is 2.30. The van der Waals surface area contributed by atoms with Crippen molar-refractivity contribution in [3.05, 3.63) is 34.3 Å². The van der Waals surface area contributed by atoms with Crippen LogP contribution in [0.2, 0.25) is 5.02 Å². The molecular formula is C14H19ClN2O. The van der Waals surface area contributed by atoms with E-state index in [4.69, 9.17) is 11.6 Å². The SMILES string of the molecule is Cc1c(Cl)cccc1C(=O)NCCC1CCNC1. The minimum atomic E-state index is -0.0269. The molecule has 0 saturated carbocycles. The number of nitrogens with one attached hydrogen (secondary N) is 2. The summed E-state index contributed by atoms with van der Waals surface area (Å²) in [6.45, 7) is 4.79. The van der Waals surface area contributed by atoms with Crippen LogP contribution in [0.5, 0.6) is 0 Å². The van der Waals surface area contributed by atoms with Crippen LogP contribution in [0.25, 0.3) is 0 Å². The molecule has 0 radical (unpaired) electrons. The number of hydrogen-bond acceptors (Lipinski definition) is 2. The molecule has 1 fully saturated rings. The van der Waals surface area contributed by atoms with Gasteiger partial charge in [0.1, 0.15) is 0 Å². The Morgan fingerprint density at radius 2 is 2.39 bits per heavy atom. The van der Waals surface area contributed by atoms with Crippen molar-refractivity contribution < 1.29 is 4.79 Å². The van der Waals surface area contributed by atoms with Crippen molar-refractivity contribution >= 4 is 17.5 Å². The van der Waals surface area contributed by atoms with Crippen molar-refractivity contribution in [2.24, 2.45) is 5.92 Å². The smallest absolute Gasteiger partial charge is 0.251 e. The molecule has 1 unspecified atom stereocenters. The highest BCUT2D eigenvalue weighted by Crippen LogP contribution is 2.18. The second-order valence-corrected chi connectivity index (χ2v) is 5.22. The maximum absolute atomic E-state index is 12.0. The van der Waals surface area contributed by atoms with Gasteiger partial charge in [-0.05, 0) is 56.5 Å². The molecule has 1 saturated heterocycles. The molecule has 1 atom stereocenters. The third kappa shape index (κ3) is 3.24. The Balaban J connectivity index is 1.85. The molecular weight excluding hydrogens is 248 g/mol. The van der Waals surface area contributed by atoms with Crippen LogP contribution in [0.4, 0.5) is 0 Å². The molecule has 1 aromatic carbocycles.